The van der Waals surface area contributed by atoms with Gasteiger partial charge in [-0.2, -0.15) is 0 Å². The Balaban J connectivity index is 1.76. The molecule has 0 aromatic heterocycles. The van der Waals surface area contributed by atoms with Crippen molar-refractivity contribution < 1.29 is 0 Å². The molecule has 0 bridgehead atoms. The van der Waals surface area contributed by atoms with Gasteiger partial charge in [-0.1, -0.05) is 75.8 Å². The van der Waals surface area contributed by atoms with Crippen molar-refractivity contribution in [3.63, 3.8) is 0 Å². The molecule has 0 aliphatic carbocycles. The molecule has 1 nitrogen and oxygen atoms in total. The van der Waals surface area contributed by atoms with E-state index in [1.165, 1.54) is 63.6 Å². The van der Waals surface area contributed by atoms with Gasteiger partial charge >= 0.3 is 0 Å². The first-order valence-electron chi connectivity index (χ1n) is 7.64. The standard InChI is InChI=1S/C17H27N/c1-2-3-4-5-6-10-13-17(14-18-15-17)16-11-8-7-9-12-16/h7-9,11-12,18H,2-6,10,13-15H2,1H3. The van der Waals surface area contributed by atoms with E-state index in [1.54, 1.807) is 0 Å². The highest BCUT2D eigenvalue weighted by atomic mass is 15.0. The molecular formula is C17H27N. The van der Waals surface area contributed by atoms with Crippen LogP contribution < -0.4 is 5.32 Å². The third-order valence-corrected chi connectivity index (χ3v) is 4.32. The van der Waals surface area contributed by atoms with Crippen LogP contribution in [0, 0.1) is 0 Å². The number of hydrogen-bond donors (Lipinski definition) is 1. The normalized spacial score (nSPS) is 17.4. The highest BCUT2D eigenvalue weighted by Crippen LogP contribution is 2.34. The van der Waals surface area contributed by atoms with Crippen molar-refractivity contribution in [2.24, 2.45) is 0 Å². The zero-order chi connectivity index (χ0) is 12.7. The van der Waals surface area contributed by atoms with Crippen LogP contribution >= 0.6 is 0 Å². The van der Waals surface area contributed by atoms with Crippen LogP contribution in [-0.2, 0) is 5.41 Å². The fourth-order valence-corrected chi connectivity index (χ4v) is 2.99. The minimum atomic E-state index is 0.450. The Morgan fingerprint density at radius 3 is 2.22 bits per heavy atom. The van der Waals surface area contributed by atoms with Gasteiger partial charge in [0.25, 0.3) is 0 Å². The summed E-state index contributed by atoms with van der Waals surface area (Å²) >= 11 is 0. The van der Waals surface area contributed by atoms with Gasteiger partial charge in [-0.05, 0) is 12.0 Å². The van der Waals surface area contributed by atoms with E-state index in [9.17, 15) is 0 Å². The molecule has 0 saturated carbocycles. The van der Waals surface area contributed by atoms with Crippen molar-refractivity contribution in [1.82, 2.24) is 5.32 Å². The summed E-state index contributed by atoms with van der Waals surface area (Å²) in [5.74, 6) is 0. The molecular weight excluding hydrogens is 218 g/mol. The van der Waals surface area contributed by atoms with E-state index >= 15 is 0 Å². The summed E-state index contributed by atoms with van der Waals surface area (Å²) < 4.78 is 0. The Morgan fingerprint density at radius 2 is 1.61 bits per heavy atom. The predicted octanol–water partition coefficient (Wildman–Crippen LogP) is 4.28. The maximum Gasteiger partial charge on any atom is 0.0202 e. The van der Waals surface area contributed by atoms with Gasteiger partial charge in [-0.3, -0.25) is 0 Å². The summed E-state index contributed by atoms with van der Waals surface area (Å²) in [6.45, 7) is 4.63. The van der Waals surface area contributed by atoms with Crippen LogP contribution in [0.25, 0.3) is 0 Å². The highest BCUT2D eigenvalue weighted by molar-refractivity contribution is 5.29. The van der Waals surface area contributed by atoms with Gasteiger partial charge in [0.2, 0.25) is 0 Å². The third-order valence-electron chi connectivity index (χ3n) is 4.32. The Hall–Kier alpha value is -0.820. The fraction of sp³-hybridized carbons (Fsp3) is 0.647. The van der Waals surface area contributed by atoms with Crippen LogP contribution in [0.3, 0.4) is 0 Å². The van der Waals surface area contributed by atoms with E-state index in [0.717, 1.165) is 0 Å². The monoisotopic (exact) mass is 245 g/mol. The van der Waals surface area contributed by atoms with Gasteiger partial charge < -0.3 is 5.32 Å². The van der Waals surface area contributed by atoms with Crippen molar-refractivity contribution in [1.29, 1.82) is 0 Å². The van der Waals surface area contributed by atoms with Crippen LogP contribution in [-0.4, -0.2) is 13.1 Å². The second-order valence-electron chi connectivity index (χ2n) is 5.77. The Bertz CT molecular complexity index is 327. The van der Waals surface area contributed by atoms with Crippen LogP contribution in [0.15, 0.2) is 30.3 Å². The summed E-state index contributed by atoms with van der Waals surface area (Å²) in [5, 5.41) is 3.46. The van der Waals surface area contributed by atoms with Crippen molar-refractivity contribution in [3.8, 4) is 0 Å². The van der Waals surface area contributed by atoms with Crippen molar-refractivity contribution >= 4 is 0 Å². The van der Waals surface area contributed by atoms with E-state index < -0.39 is 0 Å². The van der Waals surface area contributed by atoms with Gasteiger partial charge in [0.05, 0.1) is 0 Å². The quantitative estimate of drug-likeness (QED) is 0.674. The van der Waals surface area contributed by atoms with Crippen molar-refractivity contribution in [2.45, 2.75) is 57.3 Å². The molecule has 1 fully saturated rings. The molecule has 18 heavy (non-hydrogen) atoms. The molecule has 1 aliphatic rings. The highest BCUT2D eigenvalue weighted by Gasteiger charge is 2.37. The molecule has 1 aliphatic heterocycles. The van der Waals surface area contributed by atoms with E-state index in [-0.39, 0.29) is 0 Å². The first-order chi connectivity index (χ1) is 8.87. The van der Waals surface area contributed by atoms with Gasteiger partial charge in [0.1, 0.15) is 0 Å². The van der Waals surface area contributed by atoms with E-state index in [1.807, 2.05) is 0 Å². The molecule has 0 radical (unpaired) electrons. The van der Waals surface area contributed by atoms with Crippen LogP contribution in [0.2, 0.25) is 0 Å². The Labute approximate surface area is 112 Å². The molecule has 100 valence electrons. The molecule has 1 heterocycles. The molecule has 1 aromatic carbocycles. The minimum Gasteiger partial charge on any atom is -0.315 e. The van der Waals surface area contributed by atoms with Crippen molar-refractivity contribution in [3.05, 3.63) is 35.9 Å². The summed E-state index contributed by atoms with van der Waals surface area (Å²) in [6, 6.07) is 11.1. The Morgan fingerprint density at radius 1 is 0.944 bits per heavy atom. The second kappa shape index (κ2) is 6.94. The molecule has 1 heteroatoms. The summed E-state index contributed by atoms with van der Waals surface area (Å²) in [5.41, 5.74) is 1.99. The lowest BCUT2D eigenvalue weighted by Gasteiger charge is -2.43. The smallest absolute Gasteiger partial charge is 0.0202 e. The molecule has 0 amide bonds. The Kier molecular flexibility index (Phi) is 5.25. The van der Waals surface area contributed by atoms with Crippen molar-refractivity contribution in [2.75, 3.05) is 13.1 Å². The lowest BCUT2D eigenvalue weighted by Crippen LogP contribution is -2.56. The first-order valence-corrected chi connectivity index (χ1v) is 7.64. The molecule has 0 unspecified atom stereocenters. The average molecular weight is 245 g/mol. The van der Waals surface area contributed by atoms with E-state index in [0.29, 0.717) is 5.41 Å². The number of benzene rings is 1. The maximum absolute atomic E-state index is 3.46. The average Bonchev–Trinajstić information content (AvgIpc) is 2.37. The topological polar surface area (TPSA) is 12.0 Å². The maximum atomic E-state index is 3.46. The summed E-state index contributed by atoms with van der Waals surface area (Å²) in [7, 11) is 0. The summed E-state index contributed by atoms with van der Waals surface area (Å²) in [6.07, 6.45) is 9.76. The van der Waals surface area contributed by atoms with E-state index in [4.69, 9.17) is 0 Å². The SMILES string of the molecule is CCCCCCCCC1(c2ccccc2)CNC1. The number of nitrogens with one attached hydrogen (secondary N) is 1. The van der Waals surface area contributed by atoms with Gasteiger partial charge in [-0.25, -0.2) is 0 Å². The largest absolute Gasteiger partial charge is 0.315 e. The molecule has 1 saturated heterocycles. The molecule has 0 atom stereocenters. The molecule has 0 spiro atoms. The third kappa shape index (κ3) is 3.35. The lowest BCUT2D eigenvalue weighted by molar-refractivity contribution is 0.249. The van der Waals surface area contributed by atoms with Crippen LogP contribution in [0.1, 0.15) is 57.4 Å². The predicted molar refractivity (Wildman–Crippen MR) is 79.0 cm³/mol. The zero-order valence-corrected chi connectivity index (χ0v) is 11.8. The van der Waals surface area contributed by atoms with Crippen LogP contribution in [0.5, 0.6) is 0 Å². The lowest BCUT2D eigenvalue weighted by atomic mass is 9.71. The number of rotatable bonds is 8. The van der Waals surface area contributed by atoms with Gasteiger partial charge in [0, 0.05) is 18.5 Å². The zero-order valence-electron chi connectivity index (χ0n) is 11.8. The van der Waals surface area contributed by atoms with Crippen LogP contribution in [0.4, 0.5) is 0 Å². The molecule has 2 rings (SSSR count). The number of unbranched alkanes of at least 4 members (excludes halogenated alkanes) is 5. The van der Waals surface area contributed by atoms with Gasteiger partial charge in [-0.15, -0.1) is 0 Å². The second-order valence-corrected chi connectivity index (χ2v) is 5.77. The molecule has 1 N–H and O–H groups in total. The first kappa shape index (κ1) is 13.6. The fourth-order valence-electron chi connectivity index (χ4n) is 2.99. The summed E-state index contributed by atoms with van der Waals surface area (Å²) in [4.78, 5) is 0. The minimum absolute atomic E-state index is 0.450. The van der Waals surface area contributed by atoms with Gasteiger partial charge in [0.15, 0.2) is 0 Å². The molecule has 1 aromatic rings. The van der Waals surface area contributed by atoms with E-state index in [2.05, 4.69) is 42.6 Å². The number of hydrogen-bond acceptors (Lipinski definition) is 1.